The number of rotatable bonds is 6. The quantitative estimate of drug-likeness (QED) is 0.633. The molecule has 1 N–H and O–H groups in total. The summed E-state index contributed by atoms with van der Waals surface area (Å²) in [5.41, 5.74) is 0.960. The number of methoxy groups -OCH3 is 2. The molecule has 10 nitrogen and oxygen atoms in total. The molecule has 0 spiro atoms. The van der Waals surface area contributed by atoms with Crippen LogP contribution in [0.2, 0.25) is 0 Å². The van der Waals surface area contributed by atoms with Gasteiger partial charge < -0.3 is 14.4 Å². The lowest BCUT2D eigenvalue weighted by molar-refractivity contribution is -0.139. The van der Waals surface area contributed by atoms with Gasteiger partial charge in [0.2, 0.25) is 0 Å². The highest BCUT2D eigenvalue weighted by atomic mass is 32.2. The predicted molar refractivity (Wildman–Crippen MR) is 121 cm³/mol. The third kappa shape index (κ3) is 5.26. The van der Waals surface area contributed by atoms with Gasteiger partial charge in [0.25, 0.3) is 10.0 Å². The van der Waals surface area contributed by atoms with Crippen molar-refractivity contribution in [3.05, 3.63) is 77.5 Å². The van der Waals surface area contributed by atoms with Gasteiger partial charge >= 0.3 is 11.9 Å². The lowest BCUT2D eigenvalue weighted by atomic mass is 10.1. The number of sulfonamides is 1. The molecular formula is C22H22N4O6S. The Hall–Kier alpha value is -3.99. The van der Waals surface area contributed by atoms with E-state index in [1.165, 1.54) is 55.5 Å². The van der Waals surface area contributed by atoms with Crippen LogP contribution in [0.1, 0.15) is 11.5 Å². The van der Waals surface area contributed by atoms with Crippen LogP contribution in [0.25, 0.3) is 0 Å². The van der Waals surface area contributed by atoms with Gasteiger partial charge in [-0.1, -0.05) is 6.08 Å². The van der Waals surface area contributed by atoms with Gasteiger partial charge in [-0.2, -0.15) is 0 Å². The molecule has 172 valence electrons. The molecular weight excluding hydrogens is 448 g/mol. The molecule has 0 saturated heterocycles. The van der Waals surface area contributed by atoms with Crippen LogP contribution >= 0.6 is 0 Å². The summed E-state index contributed by atoms with van der Waals surface area (Å²) in [6, 6.07) is 7.27. The number of carbonyl (C=O) groups is 2. The van der Waals surface area contributed by atoms with E-state index in [9.17, 15) is 18.0 Å². The van der Waals surface area contributed by atoms with Gasteiger partial charge in [-0.3, -0.25) is 4.72 Å². The molecule has 0 bridgehead atoms. The fourth-order valence-electron chi connectivity index (χ4n) is 3.12. The second kappa shape index (κ2) is 9.65. The van der Waals surface area contributed by atoms with Gasteiger partial charge in [0.1, 0.15) is 17.3 Å². The number of nitrogens with one attached hydrogen (secondary N) is 1. The predicted octanol–water partition coefficient (Wildman–Crippen LogP) is 2.38. The molecule has 0 fully saturated rings. The molecule has 33 heavy (non-hydrogen) atoms. The van der Waals surface area contributed by atoms with Crippen LogP contribution < -0.4 is 9.62 Å². The van der Waals surface area contributed by atoms with Crippen molar-refractivity contribution in [2.24, 2.45) is 0 Å². The van der Waals surface area contributed by atoms with E-state index < -0.39 is 22.0 Å². The molecule has 1 aliphatic heterocycles. The third-order valence-corrected chi connectivity index (χ3v) is 5.89. The first-order valence-corrected chi connectivity index (χ1v) is 11.1. The second-order valence-corrected chi connectivity index (χ2v) is 8.54. The summed E-state index contributed by atoms with van der Waals surface area (Å²) in [7, 11) is -1.54. The van der Waals surface area contributed by atoms with Crippen molar-refractivity contribution in [1.82, 2.24) is 9.97 Å². The first-order valence-electron chi connectivity index (χ1n) is 9.66. The van der Waals surface area contributed by atoms with E-state index in [0.717, 1.165) is 0 Å². The molecule has 0 atom stereocenters. The molecule has 2 aromatic rings. The van der Waals surface area contributed by atoms with E-state index >= 15 is 0 Å². The van der Waals surface area contributed by atoms with Crippen molar-refractivity contribution in [1.29, 1.82) is 0 Å². The number of hydrogen-bond acceptors (Lipinski definition) is 9. The highest BCUT2D eigenvalue weighted by Gasteiger charge is 2.27. The Labute approximate surface area is 191 Å². The van der Waals surface area contributed by atoms with Gasteiger partial charge in [-0.15, -0.1) is 0 Å². The lowest BCUT2D eigenvalue weighted by Crippen LogP contribution is -2.27. The van der Waals surface area contributed by atoms with E-state index in [1.807, 2.05) is 0 Å². The average Bonchev–Trinajstić information content (AvgIpc) is 3.00. The van der Waals surface area contributed by atoms with E-state index in [0.29, 0.717) is 17.2 Å². The molecule has 0 radical (unpaired) electrons. The molecule has 0 amide bonds. The van der Waals surface area contributed by atoms with Crippen molar-refractivity contribution < 1.29 is 27.5 Å². The number of aryl methyl sites for hydroxylation is 2. The number of allylic oxidation sites excluding steroid dienone is 2. The van der Waals surface area contributed by atoms with Gasteiger partial charge in [0, 0.05) is 23.6 Å². The number of benzene rings is 1. The molecule has 0 saturated carbocycles. The molecule has 1 aromatic heterocycles. The Bertz CT molecular complexity index is 1260. The zero-order valence-corrected chi connectivity index (χ0v) is 19.2. The Morgan fingerprint density at radius 1 is 0.970 bits per heavy atom. The van der Waals surface area contributed by atoms with Crippen LogP contribution in [-0.4, -0.2) is 44.5 Å². The van der Waals surface area contributed by atoms with Crippen molar-refractivity contribution in [2.45, 2.75) is 18.7 Å². The Kier molecular flexibility index (Phi) is 6.92. The molecule has 0 unspecified atom stereocenters. The van der Waals surface area contributed by atoms with Gasteiger partial charge in [-0.05, 0) is 50.3 Å². The largest absolute Gasteiger partial charge is 0.465 e. The van der Waals surface area contributed by atoms with E-state index in [1.54, 1.807) is 32.2 Å². The van der Waals surface area contributed by atoms with Gasteiger partial charge in [0.05, 0.1) is 24.7 Å². The fraction of sp³-hybridized carbons (Fsp3) is 0.182. The minimum absolute atomic E-state index is 0.0118. The Balaban J connectivity index is 1.98. The average molecular weight is 471 g/mol. The lowest BCUT2D eigenvalue weighted by Gasteiger charge is -2.23. The first-order chi connectivity index (χ1) is 15.7. The van der Waals surface area contributed by atoms with E-state index in [4.69, 9.17) is 9.47 Å². The molecule has 3 rings (SSSR count). The summed E-state index contributed by atoms with van der Waals surface area (Å²) in [4.78, 5) is 34.4. The minimum Gasteiger partial charge on any atom is -0.465 e. The van der Waals surface area contributed by atoms with Crippen LogP contribution in [0.3, 0.4) is 0 Å². The summed E-state index contributed by atoms with van der Waals surface area (Å²) < 4.78 is 37.7. The molecule has 0 aliphatic carbocycles. The molecule has 1 aromatic carbocycles. The smallest absolute Gasteiger partial charge is 0.355 e. The van der Waals surface area contributed by atoms with Crippen LogP contribution in [0.15, 0.2) is 70.9 Å². The normalized spacial score (nSPS) is 13.5. The second-order valence-electron chi connectivity index (χ2n) is 6.86. The van der Waals surface area contributed by atoms with Gasteiger partial charge in [-0.25, -0.2) is 28.0 Å². The highest BCUT2D eigenvalue weighted by Crippen LogP contribution is 2.27. The zero-order valence-electron chi connectivity index (χ0n) is 18.4. The van der Waals surface area contributed by atoms with E-state index in [2.05, 4.69) is 14.7 Å². The number of ether oxygens (including phenoxy) is 2. The maximum Gasteiger partial charge on any atom is 0.355 e. The van der Waals surface area contributed by atoms with E-state index in [-0.39, 0.29) is 22.0 Å². The highest BCUT2D eigenvalue weighted by molar-refractivity contribution is 7.92. The van der Waals surface area contributed by atoms with Crippen molar-refractivity contribution in [3.8, 4) is 0 Å². The number of anilines is 2. The maximum atomic E-state index is 12.8. The molecule has 11 heteroatoms. The maximum absolute atomic E-state index is 12.8. The van der Waals surface area contributed by atoms with Gasteiger partial charge in [0.15, 0.2) is 0 Å². The third-order valence-electron chi connectivity index (χ3n) is 4.52. The summed E-state index contributed by atoms with van der Waals surface area (Å²) in [5, 5.41) is 0. The number of aromatic nitrogens is 2. The van der Waals surface area contributed by atoms with Crippen molar-refractivity contribution in [2.75, 3.05) is 23.8 Å². The number of nitrogens with zero attached hydrogens (tertiary/aromatic N) is 3. The fourth-order valence-corrected chi connectivity index (χ4v) is 4.11. The van der Waals surface area contributed by atoms with Crippen LogP contribution in [-0.2, 0) is 29.1 Å². The number of carbonyl (C=O) groups excluding carboxylic acids is 2. The Morgan fingerprint density at radius 2 is 1.64 bits per heavy atom. The summed E-state index contributed by atoms with van der Waals surface area (Å²) >= 11 is 0. The Morgan fingerprint density at radius 3 is 2.24 bits per heavy atom. The topological polar surface area (TPSA) is 128 Å². The summed E-state index contributed by atoms with van der Waals surface area (Å²) in [6.45, 7) is 3.40. The van der Waals surface area contributed by atoms with Crippen molar-refractivity contribution >= 4 is 33.5 Å². The van der Waals surface area contributed by atoms with Crippen LogP contribution in [0.5, 0.6) is 0 Å². The summed E-state index contributed by atoms with van der Waals surface area (Å²) in [5.74, 6) is -0.893. The monoisotopic (exact) mass is 470 g/mol. The van der Waals surface area contributed by atoms with Crippen LogP contribution in [0, 0.1) is 13.8 Å². The number of esters is 2. The molecule has 1 aliphatic rings. The summed E-state index contributed by atoms with van der Waals surface area (Å²) in [6.07, 6.45) is 6.17. The SMILES string of the molecule is COC(=O)C1=C(C(=O)OC)N(c2ccc(S(=O)(=O)Nc3cc(C)nc(C)n3)cc2)C=CC=C1. The number of hydrogen-bond donors (Lipinski definition) is 1. The zero-order chi connectivity index (χ0) is 24.2. The van der Waals surface area contributed by atoms with Crippen molar-refractivity contribution in [3.63, 3.8) is 0 Å². The minimum atomic E-state index is -3.93. The standard InChI is InChI=1S/C22H22N4O6S/c1-14-13-19(24-15(2)23-14)25-33(29,30)17-10-8-16(9-11-17)26-12-6-5-7-18(21(27)31-3)20(26)22(28)32-4/h5-13H,1-4H3,(H,23,24,25). The van der Waals surface area contributed by atoms with Crippen LogP contribution in [0.4, 0.5) is 11.5 Å². The molecule has 2 heterocycles. The first kappa shape index (κ1) is 23.7.